The molecule has 1 aromatic rings. The Morgan fingerprint density at radius 3 is 2.18 bits per heavy atom. The number of benzene rings is 1. The van der Waals surface area contributed by atoms with Gasteiger partial charge in [-0.3, -0.25) is 8.75 Å². The lowest BCUT2D eigenvalue weighted by Crippen LogP contribution is -2.16. The fourth-order valence-electron chi connectivity index (χ4n) is 0.859. The Kier molecular flexibility index (Phi) is 4.51. The maximum Gasteiger partial charge on any atom is 0.355 e. The van der Waals surface area contributed by atoms with E-state index < -0.39 is 23.6 Å². The van der Waals surface area contributed by atoms with Gasteiger partial charge in [0.15, 0.2) is 5.85 Å². The molecular weight excluding hydrogens is 335 g/mol. The first kappa shape index (κ1) is 14.8. The van der Waals surface area contributed by atoms with Crippen molar-refractivity contribution in [3.63, 3.8) is 0 Å². The van der Waals surface area contributed by atoms with Crippen LogP contribution >= 0.6 is 23.5 Å². The Labute approximate surface area is 107 Å². The van der Waals surface area contributed by atoms with Crippen LogP contribution in [-0.2, 0) is 18.9 Å². The van der Waals surface area contributed by atoms with Crippen LogP contribution in [0.3, 0.4) is 0 Å². The van der Waals surface area contributed by atoms with Gasteiger partial charge in [0.05, 0.1) is 4.90 Å². The normalized spacial score (nSPS) is 14.6. The molecule has 0 aromatic heterocycles. The van der Waals surface area contributed by atoms with Crippen molar-refractivity contribution in [3.05, 3.63) is 35.7 Å². The smallest absolute Gasteiger partial charge is 0.323 e. The molecule has 0 heterocycles. The van der Waals surface area contributed by atoms with Gasteiger partial charge >= 0.3 is 7.60 Å². The minimum Gasteiger partial charge on any atom is -0.323 e. The summed E-state index contributed by atoms with van der Waals surface area (Å²) >= 11 is 3.12. The van der Waals surface area contributed by atoms with Gasteiger partial charge in [-0.1, -0.05) is 15.9 Å². The molecule has 0 bridgehead atoms. The minimum absolute atomic E-state index is 0.206. The van der Waals surface area contributed by atoms with Crippen LogP contribution in [0.1, 0.15) is 0 Å². The zero-order chi connectivity index (χ0) is 13.3. The summed E-state index contributed by atoms with van der Waals surface area (Å²) in [7, 11) is -8.94. The van der Waals surface area contributed by atoms with Crippen LogP contribution in [0, 0.1) is 6.92 Å². The summed E-state index contributed by atoms with van der Waals surface area (Å²) in [5.41, 5.74) is 0. The molecule has 0 aliphatic rings. The van der Waals surface area contributed by atoms with Gasteiger partial charge in [0, 0.05) is 4.47 Å². The Hall–Kier alpha value is -0.240. The number of hydrogen-bond donors (Lipinski definition) is 2. The van der Waals surface area contributed by atoms with Gasteiger partial charge in [-0.25, -0.2) is 0 Å². The third-order valence-electron chi connectivity index (χ3n) is 1.72. The van der Waals surface area contributed by atoms with Crippen molar-refractivity contribution in [2.24, 2.45) is 0 Å². The minimum atomic E-state index is -4.70. The molecule has 95 valence electrons. The topological polar surface area (TPSA) is 101 Å². The van der Waals surface area contributed by atoms with Gasteiger partial charge < -0.3 is 9.79 Å². The van der Waals surface area contributed by atoms with E-state index >= 15 is 0 Å². The largest absolute Gasteiger partial charge is 0.355 e. The van der Waals surface area contributed by atoms with E-state index in [2.05, 4.69) is 27.0 Å². The molecule has 1 aromatic carbocycles. The highest BCUT2D eigenvalue weighted by atomic mass is 79.9. The van der Waals surface area contributed by atoms with Crippen LogP contribution < -0.4 is 0 Å². The van der Waals surface area contributed by atoms with Crippen molar-refractivity contribution in [1.29, 1.82) is 0 Å². The SMILES string of the molecule is [CH2]C(OS(=O)(=O)c1ccc(Br)cc1)P(=O)(O)O. The second-order valence-corrected chi connectivity index (χ2v) is 7.29. The van der Waals surface area contributed by atoms with E-state index in [1.54, 1.807) is 0 Å². The summed E-state index contributed by atoms with van der Waals surface area (Å²) < 4.78 is 38.9. The van der Waals surface area contributed by atoms with E-state index in [1.165, 1.54) is 24.3 Å². The number of halogens is 1. The van der Waals surface area contributed by atoms with Crippen molar-refractivity contribution in [3.8, 4) is 0 Å². The van der Waals surface area contributed by atoms with E-state index in [9.17, 15) is 13.0 Å². The lowest BCUT2D eigenvalue weighted by atomic mass is 10.4. The van der Waals surface area contributed by atoms with E-state index in [0.717, 1.165) is 0 Å². The molecule has 2 N–H and O–H groups in total. The second kappa shape index (κ2) is 5.17. The highest BCUT2D eigenvalue weighted by Gasteiger charge is 2.31. The predicted molar refractivity (Wildman–Crippen MR) is 63.6 cm³/mol. The van der Waals surface area contributed by atoms with Gasteiger partial charge in [0.25, 0.3) is 10.1 Å². The number of rotatable bonds is 4. The van der Waals surface area contributed by atoms with E-state index in [4.69, 9.17) is 9.79 Å². The van der Waals surface area contributed by atoms with E-state index in [-0.39, 0.29) is 4.90 Å². The average Bonchev–Trinajstić information content (AvgIpc) is 2.16. The fraction of sp³-hybridized carbons (Fsp3) is 0.125. The van der Waals surface area contributed by atoms with Crippen molar-refractivity contribution in [2.45, 2.75) is 10.7 Å². The van der Waals surface area contributed by atoms with Gasteiger partial charge in [0.2, 0.25) is 0 Å². The van der Waals surface area contributed by atoms with Crippen molar-refractivity contribution >= 4 is 33.6 Å². The standard InChI is InChI=1S/C8H9BrO6PS/c1-6(16(10,11)12)15-17(13,14)8-4-2-7(9)3-5-8/h2-6H,1H2,(H2,10,11,12). The van der Waals surface area contributed by atoms with Crippen LogP contribution in [0.4, 0.5) is 0 Å². The van der Waals surface area contributed by atoms with Crippen LogP contribution in [0.2, 0.25) is 0 Å². The van der Waals surface area contributed by atoms with Gasteiger partial charge in [0.1, 0.15) is 0 Å². The molecule has 1 atom stereocenters. The molecule has 0 spiro atoms. The molecule has 0 aliphatic carbocycles. The molecule has 0 saturated carbocycles. The summed E-state index contributed by atoms with van der Waals surface area (Å²) in [5.74, 6) is -1.96. The Balaban J connectivity index is 2.98. The summed E-state index contributed by atoms with van der Waals surface area (Å²) in [6.07, 6.45) is 0. The summed E-state index contributed by atoms with van der Waals surface area (Å²) in [4.78, 5) is 17.2. The number of hydrogen-bond acceptors (Lipinski definition) is 4. The molecule has 1 rings (SSSR count). The summed E-state index contributed by atoms with van der Waals surface area (Å²) in [6.45, 7) is 2.96. The first-order valence-electron chi connectivity index (χ1n) is 4.20. The Morgan fingerprint density at radius 1 is 1.29 bits per heavy atom. The highest BCUT2D eigenvalue weighted by Crippen LogP contribution is 2.42. The third kappa shape index (κ3) is 4.17. The van der Waals surface area contributed by atoms with Crippen LogP contribution in [0.5, 0.6) is 0 Å². The van der Waals surface area contributed by atoms with E-state index in [1.807, 2.05) is 0 Å². The highest BCUT2D eigenvalue weighted by molar-refractivity contribution is 9.10. The van der Waals surface area contributed by atoms with Crippen LogP contribution in [0.15, 0.2) is 33.6 Å². The lowest BCUT2D eigenvalue weighted by molar-refractivity contribution is 0.258. The first-order chi connectivity index (χ1) is 7.63. The molecule has 17 heavy (non-hydrogen) atoms. The van der Waals surface area contributed by atoms with Crippen LogP contribution in [-0.4, -0.2) is 24.0 Å². The van der Waals surface area contributed by atoms with E-state index in [0.29, 0.717) is 4.47 Å². The summed E-state index contributed by atoms with van der Waals surface area (Å²) in [5, 5.41) is 0. The van der Waals surface area contributed by atoms with Crippen molar-refractivity contribution in [2.75, 3.05) is 0 Å². The summed E-state index contributed by atoms with van der Waals surface area (Å²) in [6, 6.07) is 5.41. The molecule has 0 aliphatic heterocycles. The molecule has 0 fully saturated rings. The lowest BCUT2D eigenvalue weighted by Gasteiger charge is -2.13. The monoisotopic (exact) mass is 343 g/mol. The maximum absolute atomic E-state index is 11.6. The Bertz CT molecular complexity index is 534. The zero-order valence-corrected chi connectivity index (χ0v) is 11.7. The van der Waals surface area contributed by atoms with Gasteiger partial charge in [-0.05, 0) is 31.2 Å². The molecule has 0 saturated heterocycles. The predicted octanol–water partition coefficient (Wildman–Crippen LogP) is 1.49. The molecule has 6 nitrogen and oxygen atoms in total. The zero-order valence-electron chi connectivity index (χ0n) is 8.35. The fourth-order valence-corrected chi connectivity index (χ4v) is 2.78. The maximum atomic E-state index is 11.6. The Morgan fingerprint density at radius 2 is 1.76 bits per heavy atom. The van der Waals surface area contributed by atoms with Gasteiger partial charge in [-0.2, -0.15) is 8.42 Å². The molecule has 1 unspecified atom stereocenters. The molecule has 9 heteroatoms. The molecule has 0 amide bonds. The molecule has 1 radical (unpaired) electrons. The van der Waals surface area contributed by atoms with Crippen LogP contribution in [0.25, 0.3) is 0 Å². The van der Waals surface area contributed by atoms with Crippen molar-refractivity contribution < 1.29 is 27.0 Å². The van der Waals surface area contributed by atoms with Crippen molar-refractivity contribution in [1.82, 2.24) is 0 Å². The average molecular weight is 344 g/mol. The van der Waals surface area contributed by atoms with Gasteiger partial charge in [-0.15, -0.1) is 0 Å². The quantitative estimate of drug-likeness (QED) is 0.634. The second-order valence-electron chi connectivity index (χ2n) is 3.05. The first-order valence-corrected chi connectivity index (χ1v) is 8.08. The molecular formula is C8H9BrO6PS. The third-order valence-corrected chi connectivity index (χ3v) is 4.58.